The average molecular weight is 349 g/mol. The molecular formula is C17H17ClN2O4. The summed E-state index contributed by atoms with van der Waals surface area (Å²) >= 11 is 5.90. The number of nitrogens with zero attached hydrogens (tertiary/aromatic N) is 1. The molecule has 0 unspecified atom stereocenters. The van der Waals surface area contributed by atoms with Crippen molar-refractivity contribution in [2.75, 3.05) is 19.5 Å². The van der Waals surface area contributed by atoms with E-state index >= 15 is 0 Å². The van der Waals surface area contributed by atoms with Crippen LogP contribution in [0.1, 0.15) is 5.56 Å². The van der Waals surface area contributed by atoms with E-state index in [1.54, 1.807) is 25.3 Å². The maximum absolute atomic E-state index is 11.8. The maximum Gasteiger partial charge on any atom is 0.270 e. The van der Waals surface area contributed by atoms with E-state index in [1.165, 1.54) is 7.11 Å². The van der Waals surface area contributed by atoms with E-state index in [2.05, 4.69) is 10.5 Å². The predicted octanol–water partition coefficient (Wildman–Crippen LogP) is 3.50. The van der Waals surface area contributed by atoms with Crippen LogP contribution in [0.5, 0.6) is 11.5 Å². The standard InChI is InChI=1S/C17H17ClN2O4/c1-22-14-5-3-4-12(8-14)11-24-19-10-17(21)20-15-9-13(18)6-7-16(15)23-2/h3-10H,11H2,1-2H3,(H,20,21)/b19-10-. The number of amides is 1. The van der Waals surface area contributed by atoms with E-state index in [9.17, 15) is 4.79 Å². The largest absolute Gasteiger partial charge is 0.497 e. The Morgan fingerprint density at radius 1 is 1.21 bits per heavy atom. The highest BCUT2D eigenvalue weighted by Crippen LogP contribution is 2.27. The van der Waals surface area contributed by atoms with Crippen LogP contribution in [0, 0.1) is 0 Å². The zero-order valence-electron chi connectivity index (χ0n) is 13.3. The van der Waals surface area contributed by atoms with Crippen molar-refractivity contribution in [3.8, 4) is 11.5 Å². The first kappa shape index (κ1) is 17.6. The van der Waals surface area contributed by atoms with E-state index in [0.717, 1.165) is 17.5 Å². The Hall–Kier alpha value is -2.73. The minimum atomic E-state index is -0.457. The van der Waals surface area contributed by atoms with Crippen molar-refractivity contribution >= 4 is 29.4 Å². The summed E-state index contributed by atoms with van der Waals surface area (Å²) in [7, 11) is 3.09. The summed E-state index contributed by atoms with van der Waals surface area (Å²) in [4.78, 5) is 16.9. The van der Waals surface area contributed by atoms with Crippen molar-refractivity contribution in [2.45, 2.75) is 6.61 Å². The molecule has 0 aliphatic heterocycles. The second-order valence-electron chi connectivity index (χ2n) is 4.69. The number of hydrogen-bond acceptors (Lipinski definition) is 5. The van der Waals surface area contributed by atoms with Crippen LogP contribution < -0.4 is 14.8 Å². The quantitative estimate of drug-likeness (QED) is 0.614. The van der Waals surface area contributed by atoms with Crippen LogP contribution in [0.15, 0.2) is 47.6 Å². The van der Waals surface area contributed by atoms with E-state index in [4.69, 9.17) is 25.9 Å². The van der Waals surface area contributed by atoms with Crippen molar-refractivity contribution in [1.82, 2.24) is 0 Å². The molecule has 0 fully saturated rings. The van der Waals surface area contributed by atoms with Gasteiger partial charge in [0, 0.05) is 5.02 Å². The third kappa shape index (κ3) is 5.17. The molecule has 0 saturated heterocycles. The van der Waals surface area contributed by atoms with Crippen molar-refractivity contribution < 1.29 is 19.1 Å². The second-order valence-corrected chi connectivity index (χ2v) is 5.13. The summed E-state index contributed by atoms with van der Waals surface area (Å²) in [5.41, 5.74) is 1.33. The number of carbonyl (C=O) groups is 1. The summed E-state index contributed by atoms with van der Waals surface area (Å²) in [6.07, 6.45) is 1.04. The molecule has 0 aliphatic carbocycles. The Balaban J connectivity index is 1.88. The van der Waals surface area contributed by atoms with Crippen LogP contribution in [0.2, 0.25) is 5.02 Å². The fraction of sp³-hybridized carbons (Fsp3) is 0.176. The monoisotopic (exact) mass is 348 g/mol. The molecule has 0 atom stereocenters. The van der Waals surface area contributed by atoms with Crippen molar-refractivity contribution in [3.05, 3.63) is 53.1 Å². The number of methoxy groups -OCH3 is 2. The van der Waals surface area contributed by atoms with Gasteiger partial charge in [-0.15, -0.1) is 0 Å². The number of halogens is 1. The highest BCUT2D eigenvalue weighted by Gasteiger charge is 2.06. The number of rotatable bonds is 7. The summed E-state index contributed by atoms with van der Waals surface area (Å²) in [5.74, 6) is 0.769. The van der Waals surface area contributed by atoms with Gasteiger partial charge < -0.3 is 19.6 Å². The van der Waals surface area contributed by atoms with Crippen LogP contribution in [0.4, 0.5) is 5.69 Å². The molecule has 0 radical (unpaired) electrons. The predicted molar refractivity (Wildman–Crippen MR) is 92.9 cm³/mol. The molecule has 126 valence electrons. The molecule has 24 heavy (non-hydrogen) atoms. The molecule has 2 aromatic carbocycles. The third-order valence-corrected chi connectivity index (χ3v) is 3.26. The summed E-state index contributed by atoms with van der Waals surface area (Å²) in [6, 6.07) is 12.3. The summed E-state index contributed by atoms with van der Waals surface area (Å²) in [6.45, 7) is 0.224. The van der Waals surface area contributed by atoms with Crippen molar-refractivity contribution in [1.29, 1.82) is 0 Å². The maximum atomic E-state index is 11.8. The fourth-order valence-electron chi connectivity index (χ4n) is 1.90. The Morgan fingerprint density at radius 2 is 2.04 bits per heavy atom. The second kappa shape index (κ2) is 8.79. The van der Waals surface area contributed by atoms with Gasteiger partial charge in [-0.2, -0.15) is 0 Å². The Morgan fingerprint density at radius 3 is 2.79 bits per heavy atom. The molecule has 1 N–H and O–H groups in total. The molecule has 0 bridgehead atoms. The lowest BCUT2D eigenvalue weighted by atomic mass is 10.2. The molecule has 0 aliphatic rings. The number of nitrogens with one attached hydrogen (secondary N) is 1. The Labute approximate surface area is 145 Å². The lowest BCUT2D eigenvalue weighted by Gasteiger charge is -2.08. The molecule has 7 heteroatoms. The van der Waals surface area contributed by atoms with Gasteiger partial charge in [0.05, 0.1) is 19.9 Å². The van der Waals surface area contributed by atoms with Gasteiger partial charge in [0.15, 0.2) is 0 Å². The average Bonchev–Trinajstić information content (AvgIpc) is 2.59. The number of anilines is 1. The van der Waals surface area contributed by atoms with Gasteiger partial charge in [-0.25, -0.2) is 0 Å². The van der Waals surface area contributed by atoms with E-state index in [1.807, 2.05) is 24.3 Å². The van der Waals surface area contributed by atoms with Gasteiger partial charge in [0.2, 0.25) is 0 Å². The lowest BCUT2D eigenvalue weighted by molar-refractivity contribution is -0.110. The molecule has 0 heterocycles. The van der Waals surface area contributed by atoms with Gasteiger partial charge >= 0.3 is 0 Å². The normalized spacial score (nSPS) is 10.5. The third-order valence-electron chi connectivity index (χ3n) is 3.03. The van der Waals surface area contributed by atoms with Crippen LogP contribution in [-0.4, -0.2) is 26.3 Å². The molecule has 1 amide bonds. The molecular weight excluding hydrogens is 332 g/mol. The number of hydrogen-bond donors (Lipinski definition) is 1. The number of oxime groups is 1. The Kier molecular flexibility index (Phi) is 6.45. The van der Waals surface area contributed by atoms with E-state index in [0.29, 0.717) is 16.5 Å². The highest BCUT2D eigenvalue weighted by molar-refractivity contribution is 6.33. The van der Waals surface area contributed by atoms with Gasteiger partial charge in [0.25, 0.3) is 5.91 Å². The van der Waals surface area contributed by atoms with Crippen molar-refractivity contribution in [2.24, 2.45) is 5.16 Å². The van der Waals surface area contributed by atoms with Gasteiger partial charge in [-0.05, 0) is 35.9 Å². The molecule has 6 nitrogen and oxygen atoms in total. The van der Waals surface area contributed by atoms with Crippen LogP contribution in [-0.2, 0) is 16.2 Å². The van der Waals surface area contributed by atoms with Crippen LogP contribution >= 0.6 is 11.6 Å². The smallest absolute Gasteiger partial charge is 0.270 e. The first-order valence-corrected chi connectivity index (χ1v) is 7.43. The van der Waals surface area contributed by atoms with E-state index in [-0.39, 0.29) is 6.61 Å². The first-order chi connectivity index (χ1) is 11.6. The minimum Gasteiger partial charge on any atom is -0.497 e. The van der Waals surface area contributed by atoms with Gasteiger partial charge in [-0.3, -0.25) is 4.79 Å². The van der Waals surface area contributed by atoms with Gasteiger partial charge in [-0.1, -0.05) is 28.9 Å². The topological polar surface area (TPSA) is 69.2 Å². The van der Waals surface area contributed by atoms with Crippen molar-refractivity contribution in [3.63, 3.8) is 0 Å². The SMILES string of the molecule is COc1cccc(CO/N=C\C(=O)Nc2cc(Cl)ccc2OC)c1. The summed E-state index contributed by atoms with van der Waals surface area (Å²) in [5, 5.41) is 6.75. The lowest BCUT2D eigenvalue weighted by Crippen LogP contribution is -2.13. The minimum absolute atomic E-state index is 0.224. The Bertz CT molecular complexity index is 734. The number of benzene rings is 2. The molecule has 2 aromatic rings. The summed E-state index contributed by atoms with van der Waals surface area (Å²) < 4.78 is 10.3. The van der Waals surface area contributed by atoms with Crippen LogP contribution in [0.3, 0.4) is 0 Å². The first-order valence-electron chi connectivity index (χ1n) is 7.05. The van der Waals surface area contributed by atoms with E-state index < -0.39 is 5.91 Å². The van der Waals surface area contributed by atoms with Gasteiger partial charge in [0.1, 0.15) is 24.3 Å². The fourth-order valence-corrected chi connectivity index (χ4v) is 2.07. The zero-order chi connectivity index (χ0) is 17.4. The zero-order valence-corrected chi connectivity index (χ0v) is 14.0. The molecule has 0 aromatic heterocycles. The molecule has 0 spiro atoms. The van der Waals surface area contributed by atoms with Crippen LogP contribution in [0.25, 0.3) is 0 Å². The number of ether oxygens (including phenoxy) is 2. The molecule has 0 saturated carbocycles. The molecule has 2 rings (SSSR count). The number of carbonyl (C=O) groups excluding carboxylic acids is 1. The highest BCUT2D eigenvalue weighted by atomic mass is 35.5.